The maximum Gasteiger partial charge on any atom is 0.0828 e. The van der Waals surface area contributed by atoms with Crippen LogP contribution in [0, 0.1) is 6.92 Å². The zero-order chi connectivity index (χ0) is 9.84. The van der Waals surface area contributed by atoms with Crippen LogP contribution in [0.25, 0.3) is 0 Å². The molecule has 0 fully saturated rings. The van der Waals surface area contributed by atoms with Crippen molar-refractivity contribution in [2.24, 2.45) is 7.05 Å². The van der Waals surface area contributed by atoms with Gasteiger partial charge in [-0.3, -0.25) is 4.68 Å². The van der Waals surface area contributed by atoms with Crippen molar-refractivity contribution in [3.8, 4) is 0 Å². The number of nitrogens with zero attached hydrogens (tertiary/aromatic N) is 4. The summed E-state index contributed by atoms with van der Waals surface area (Å²) in [5.74, 6) is 0. The van der Waals surface area contributed by atoms with Gasteiger partial charge in [0, 0.05) is 7.05 Å². The van der Waals surface area contributed by atoms with E-state index < -0.39 is 0 Å². The number of hydrogen-bond acceptors (Lipinski definition) is 3. The van der Waals surface area contributed by atoms with E-state index in [9.17, 15) is 0 Å². The van der Waals surface area contributed by atoms with Crippen LogP contribution in [0.3, 0.4) is 0 Å². The molecule has 4 heteroatoms. The van der Waals surface area contributed by atoms with Gasteiger partial charge in [-0.05, 0) is 40.4 Å². The maximum absolute atomic E-state index is 4.01. The Morgan fingerprint density at radius 2 is 2.08 bits per heavy atom. The molecule has 4 nitrogen and oxygen atoms in total. The molecular formula is C9H18N4. The fourth-order valence-corrected chi connectivity index (χ4v) is 1.39. The van der Waals surface area contributed by atoms with E-state index in [1.807, 2.05) is 18.7 Å². The Labute approximate surface area is 79.5 Å². The van der Waals surface area contributed by atoms with Gasteiger partial charge < -0.3 is 4.90 Å². The third-order valence-electron chi connectivity index (χ3n) is 2.16. The minimum Gasteiger partial charge on any atom is -0.309 e. The lowest BCUT2D eigenvalue weighted by Gasteiger charge is -2.08. The van der Waals surface area contributed by atoms with E-state index in [-0.39, 0.29) is 0 Å². The monoisotopic (exact) mass is 182 g/mol. The van der Waals surface area contributed by atoms with Crippen molar-refractivity contribution in [3.05, 3.63) is 11.4 Å². The first-order valence-electron chi connectivity index (χ1n) is 4.61. The molecule has 0 saturated heterocycles. The highest BCUT2D eigenvalue weighted by molar-refractivity contribution is 5.07. The number of aryl methyl sites for hydroxylation is 2. The molecule has 0 saturated carbocycles. The van der Waals surface area contributed by atoms with Crippen LogP contribution in [0.4, 0.5) is 0 Å². The normalized spacial score (nSPS) is 11.2. The van der Waals surface area contributed by atoms with Crippen LogP contribution in [0.15, 0.2) is 0 Å². The van der Waals surface area contributed by atoms with Crippen molar-refractivity contribution >= 4 is 0 Å². The second kappa shape index (κ2) is 4.37. The largest absolute Gasteiger partial charge is 0.309 e. The second-order valence-electron chi connectivity index (χ2n) is 3.65. The molecule has 1 aromatic heterocycles. The third kappa shape index (κ3) is 2.81. The molecule has 13 heavy (non-hydrogen) atoms. The minimum absolute atomic E-state index is 1.06. The van der Waals surface area contributed by atoms with Crippen LogP contribution in [0.2, 0.25) is 0 Å². The van der Waals surface area contributed by atoms with Crippen LogP contribution in [0.1, 0.15) is 17.8 Å². The summed E-state index contributed by atoms with van der Waals surface area (Å²) < 4.78 is 1.87. The van der Waals surface area contributed by atoms with E-state index >= 15 is 0 Å². The molecule has 0 radical (unpaired) electrons. The molecule has 0 aliphatic heterocycles. The minimum atomic E-state index is 1.06. The van der Waals surface area contributed by atoms with Crippen molar-refractivity contribution < 1.29 is 0 Å². The van der Waals surface area contributed by atoms with Crippen molar-refractivity contribution in [3.63, 3.8) is 0 Å². The van der Waals surface area contributed by atoms with E-state index in [1.54, 1.807) is 0 Å². The molecule has 0 aromatic carbocycles. The molecule has 0 atom stereocenters. The van der Waals surface area contributed by atoms with Crippen LogP contribution in [-0.2, 0) is 13.5 Å². The molecule has 0 unspecified atom stereocenters. The molecule has 0 amide bonds. The smallest absolute Gasteiger partial charge is 0.0828 e. The van der Waals surface area contributed by atoms with Gasteiger partial charge in [0.25, 0.3) is 0 Å². The lowest BCUT2D eigenvalue weighted by molar-refractivity contribution is 0.398. The topological polar surface area (TPSA) is 34.0 Å². The standard InChI is InChI=1S/C9H18N4/c1-8-9(13(4)11-10-8)6-5-7-12(2)3/h5-7H2,1-4H3. The molecule has 1 rings (SSSR count). The summed E-state index contributed by atoms with van der Waals surface area (Å²) in [6.07, 6.45) is 2.22. The predicted octanol–water partition coefficient (Wildman–Crippen LogP) is 0.618. The average Bonchev–Trinajstić information content (AvgIpc) is 2.34. The molecule has 0 N–H and O–H groups in total. The summed E-state index contributed by atoms with van der Waals surface area (Å²) in [6.45, 7) is 3.13. The van der Waals surface area contributed by atoms with E-state index in [1.165, 1.54) is 5.69 Å². The maximum atomic E-state index is 4.01. The highest BCUT2D eigenvalue weighted by Gasteiger charge is 2.05. The first kappa shape index (κ1) is 10.2. The molecule has 1 aromatic rings. The molecule has 1 heterocycles. The van der Waals surface area contributed by atoms with Crippen LogP contribution < -0.4 is 0 Å². The number of hydrogen-bond donors (Lipinski definition) is 0. The van der Waals surface area contributed by atoms with Gasteiger partial charge in [0.05, 0.1) is 11.4 Å². The van der Waals surface area contributed by atoms with Gasteiger partial charge >= 0.3 is 0 Å². The third-order valence-corrected chi connectivity index (χ3v) is 2.16. The number of rotatable bonds is 4. The van der Waals surface area contributed by atoms with Crippen LogP contribution >= 0.6 is 0 Å². The summed E-state index contributed by atoms with van der Waals surface area (Å²) in [5.41, 5.74) is 2.31. The fraction of sp³-hybridized carbons (Fsp3) is 0.778. The molecule has 0 spiro atoms. The lowest BCUT2D eigenvalue weighted by Crippen LogP contribution is -2.14. The van der Waals surface area contributed by atoms with Crippen molar-refractivity contribution in [2.75, 3.05) is 20.6 Å². The van der Waals surface area contributed by atoms with E-state index in [0.29, 0.717) is 0 Å². The highest BCUT2D eigenvalue weighted by Crippen LogP contribution is 2.05. The van der Waals surface area contributed by atoms with Gasteiger partial charge in [-0.15, -0.1) is 5.10 Å². The predicted molar refractivity (Wildman–Crippen MR) is 52.6 cm³/mol. The summed E-state index contributed by atoms with van der Waals surface area (Å²) in [5, 5.41) is 7.98. The van der Waals surface area contributed by atoms with E-state index in [0.717, 1.165) is 25.1 Å². The zero-order valence-electron chi connectivity index (χ0n) is 8.91. The zero-order valence-corrected chi connectivity index (χ0v) is 8.91. The van der Waals surface area contributed by atoms with Crippen LogP contribution in [0.5, 0.6) is 0 Å². The average molecular weight is 182 g/mol. The number of aromatic nitrogens is 3. The second-order valence-corrected chi connectivity index (χ2v) is 3.65. The Morgan fingerprint density at radius 3 is 2.54 bits per heavy atom. The molecule has 74 valence electrons. The van der Waals surface area contributed by atoms with Gasteiger partial charge in [-0.1, -0.05) is 5.21 Å². The van der Waals surface area contributed by atoms with Gasteiger partial charge in [0.2, 0.25) is 0 Å². The molecular weight excluding hydrogens is 164 g/mol. The Morgan fingerprint density at radius 1 is 1.38 bits per heavy atom. The first-order chi connectivity index (χ1) is 6.11. The Hall–Kier alpha value is -0.900. The molecule has 0 bridgehead atoms. The molecule has 0 aliphatic carbocycles. The Bertz CT molecular complexity index is 245. The van der Waals surface area contributed by atoms with Crippen molar-refractivity contribution in [1.82, 2.24) is 19.9 Å². The van der Waals surface area contributed by atoms with Gasteiger partial charge in [-0.25, -0.2) is 0 Å². The quantitative estimate of drug-likeness (QED) is 0.684. The van der Waals surface area contributed by atoms with Gasteiger partial charge in [0.1, 0.15) is 0 Å². The Balaban J connectivity index is 2.44. The fourth-order valence-electron chi connectivity index (χ4n) is 1.39. The van der Waals surface area contributed by atoms with Crippen molar-refractivity contribution in [1.29, 1.82) is 0 Å². The first-order valence-corrected chi connectivity index (χ1v) is 4.61. The van der Waals surface area contributed by atoms with Gasteiger partial charge in [-0.2, -0.15) is 0 Å². The van der Waals surface area contributed by atoms with E-state index in [2.05, 4.69) is 29.3 Å². The summed E-state index contributed by atoms with van der Waals surface area (Å²) >= 11 is 0. The highest BCUT2D eigenvalue weighted by atomic mass is 15.4. The summed E-state index contributed by atoms with van der Waals surface area (Å²) in [7, 11) is 6.13. The molecule has 0 aliphatic rings. The van der Waals surface area contributed by atoms with Gasteiger partial charge in [0.15, 0.2) is 0 Å². The summed E-state index contributed by atoms with van der Waals surface area (Å²) in [6, 6.07) is 0. The van der Waals surface area contributed by atoms with Crippen LogP contribution in [-0.4, -0.2) is 40.5 Å². The lowest BCUT2D eigenvalue weighted by atomic mass is 10.2. The van der Waals surface area contributed by atoms with Crippen molar-refractivity contribution in [2.45, 2.75) is 19.8 Å². The van der Waals surface area contributed by atoms with E-state index in [4.69, 9.17) is 0 Å². The Kier molecular flexibility index (Phi) is 3.42. The SMILES string of the molecule is Cc1nnn(C)c1CCCN(C)C. The summed E-state index contributed by atoms with van der Waals surface area (Å²) in [4.78, 5) is 2.19.